The molecule has 0 aromatic carbocycles. The average molecular weight is 322 g/mol. The van der Waals surface area contributed by atoms with Crippen LogP contribution in [0.3, 0.4) is 0 Å². The Morgan fingerprint density at radius 2 is 2.04 bits per heavy atom. The third-order valence-corrected chi connectivity index (χ3v) is 4.34. The van der Waals surface area contributed by atoms with E-state index in [1.54, 1.807) is 6.33 Å². The SMILES string of the molecule is CCn1cnnc1CNC(=O)NCC(CC(C)C)N1CCCC1. The smallest absolute Gasteiger partial charge is 0.315 e. The summed E-state index contributed by atoms with van der Waals surface area (Å²) < 4.78 is 1.92. The minimum absolute atomic E-state index is 0.136. The molecule has 1 aliphatic heterocycles. The summed E-state index contributed by atoms with van der Waals surface area (Å²) >= 11 is 0. The van der Waals surface area contributed by atoms with Crippen LogP contribution >= 0.6 is 0 Å². The van der Waals surface area contributed by atoms with Gasteiger partial charge in [-0.15, -0.1) is 10.2 Å². The first kappa shape index (κ1) is 17.7. The number of aryl methyl sites for hydroxylation is 1. The largest absolute Gasteiger partial charge is 0.337 e. The molecule has 2 rings (SSSR count). The predicted molar refractivity (Wildman–Crippen MR) is 90.0 cm³/mol. The molecule has 1 fully saturated rings. The number of nitrogens with one attached hydrogen (secondary N) is 2. The van der Waals surface area contributed by atoms with Gasteiger partial charge in [0, 0.05) is 19.1 Å². The Morgan fingerprint density at radius 1 is 1.30 bits per heavy atom. The molecule has 0 bridgehead atoms. The Morgan fingerprint density at radius 3 is 2.70 bits per heavy atom. The molecule has 23 heavy (non-hydrogen) atoms. The maximum atomic E-state index is 12.0. The number of urea groups is 1. The van der Waals surface area contributed by atoms with Crippen LogP contribution in [0.1, 0.15) is 45.9 Å². The molecule has 2 amide bonds. The van der Waals surface area contributed by atoms with E-state index in [1.165, 1.54) is 12.8 Å². The molecular formula is C16H30N6O. The summed E-state index contributed by atoms with van der Waals surface area (Å²) in [6.07, 6.45) is 5.34. The van der Waals surface area contributed by atoms with Gasteiger partial charge in [0.05, 0.1) is 6.54 Å². The van der Waals surface area contributed by atoms with Crippen molar-refractivity contribution in [3.63, 3.8) is 0 Å². The third-order valence-electron chi connectivity index (χ3n) is 4.34. The second-order valence-corrected chi connectivity index (χ2v) is 6.62. The lowest BCUT2D eigenvalue weighted by molar-refractivity contribution is 0.201. The maximum Gasteiger partial charge on any atom is 0.315 e. The van der Waals surface area contributed by atoms with Gasteiger partial charge in [-0.25, -0.2) is 4.79 Å². The van der Waals surface area contributed by atoms with Gasteiger partial charge >= 0.3 is 6.03 Å². The van der Waals surface area contributed by atoms with Crippen LogP contribution in [-0.4, -0.2) is 51.4 Å². The van der Waals surface area contributed by atoms with Crippen LogP contribution in [0.15, 0.2) is 6.33 Å². The number of rotatable bonds is 8. The first-order chi connectivity index (χ1) is 11.1. The number of hydrogen-bond donors (Lipinski definition) is 2. The lowest BCUT2D eigenvalue weighted by Crippen LogP contribution is -2.46. The molecule has 2 N–H and O–H groups in total. The van der Waals surface area contributed by atoms with Gasteiger partial charge in [-0.1, -0.05) is 13.8 Å². The number of aromatic nitrogens is 3. The summed E-state index contributed by atoms with van der Waals surface area (Å²) in [4.78, 5) is 14.6. The van der Waals surface area contributed by atoms with Crippen molar-refractivity contribution >= 4 is 6.03 Å². The van der Waals surface area contributed by atoms with Crippen LogP contribution in [-0.2, 0) is 13.1 Å². The van der Waals surface area contributed by atoms with E-state index in [4.69, 9.17) is 0 Å². The molecule has 1 aromatic heterocycles. The molecule has 0 aliphatic carbocycles. The van der Waals surface area contributed by atoms with E-state index in [9.17, 15) is 4.79 Å². The monoisotopic (exact) mass is 322 g/mol. The molecule has 1 aromatic rings. The van der Waals surface area contributed by atoms with Crippen molar-refractivity contribution in [1.82, 2.24) is 30.3 Å². The minimum Gasteiger partial charge on any atom is -0.337 e. The number of likely N-dealkylation sites (tertiary alicyclic amines) is 1. The van der Waals surface area contributed by atoms with E-state index in [0.717, 1.165) is 31.9 Å². The molecule has 1 aliphatic rings. The zero-order valence-corrected chi connectivity index (χ0v) is 14.6. The Labute approximate surface area is 138 Å². The Kier molecular flexibility index (Phi) is 6.83. The van der Waals surface area contributed by atoms with E-state index < -0.39 is 0 Å². The fraction of sp³-hybridized carbons (Fsp3) is 0.812. The average Bonchev–Trinajstić information content (AvgIpc) is 3.19. The van der Waals surface area contributed by atoms with Crippen molar-refractivity contribution in [2.24, 2.45) is 5.92 Å². The number of hydrogen-bond acceptors (Lipinski definition) is 4. The lowest BCUT2D eigenvalue weighted by atomic mass is 10.0. The first-order valence-corrected chi connectivity index (χ1v) is 8.72. The van der Waals surface area contributed by atoms with Crippen molar-refractivity contribution in [2.75, 3.05) is 19.6 Å². The molecule has 7 nitrogen and oxygen atoms in total. The predicted octanol–water partition coefficient (Wildman–Crippen LogP) is 1.61. The molecule has 1 atom stereocenters. The standard InChI is InChI=1S/C16H30N6O/c1-4-21-12-19-20-15(21)11-18-16(23)17-10-14(9-13(2)3)22-7-5-6-8-22/h12-14H,4-11H2,1-3H3,(H2,17,18,23). The summed E-state index contributed by atoms with van der Waals surface area (Å²) in [6, 6.07) is 0.297. The highest BCUT2D eigenvalue weighted by Gasteiger charge is 2.23. The van der Waals surface area contributed by atoms with Gasteiger partial charge in [-0.3, -0.25) is 4.90 Å². The van der Waals surface area contributed by atoms with E-state index in [-0.39, 0.29) is 6.03 Å². The fourth-order valence-corrected chi connectivity index (χ4v) is 3.12. The topological polar surface area (TPSA) is 75.1 Å². The summed E-state index contributed by atoms with van der Waals surface area (Å²) in [5.41, 5.74) is 0. The van der Waals surface area contributed by atoms with Gasteiger partial charge in [-0.05, 0) is 45.2 Å². The van der Waals surface area contributed by atoms with Crippen LogP contribution in [0.2, 0.25) is 0 Å². The van der Waals surface area contributed by atoms with Crippen LogP contribution in [0.5, 0.6) is 0 Å². The molecule has 0 spiro atoms. The van der Waals surface area contributed by atoms with Crippen LogP contribution in [0.25, 0.3) is 0 Å². The summed E-state index contributed by atoms with van der Waals surface area (Å²) in [5, 5.41) is 13.8. The first-order valence-electron chi connectivity index (χ1n) is 8.72. The number of carbonyl (C=O) groups is 1. The molecular weight excluding hydrogens is 292 g/mol. The molecule has 1 unspecified atom stereocenters. The zero-order chi connectivity index (χ0) is 16.7. The van der Waals surface area contributed by atoms with Gasteiger partial charge in [-0.2, -0.15) is 0 Å². The molecule has 7 heteroatoms. The fourth-order valence-electron chi connectivity index (χ4n) is 3.12. The minimum atomic E-state index is -0.136. The highest BCUT2D eigenvalue weighted by Crippen LogP contribution is 2.17. The van der Waals surface area contributed by atoms with Crippen molar-refractivity contribution in [3.8, 4) is 0 Å². The highest BCUT2D eigenvalue weighted by atomic mass is 16.2. The van der Waals surface area contributed by atoms with E-state index >= 15 is 0 Å². The second kappa shape index (κ2) is 8.86. The van der Waals surface area contributed by atoms with Crippen LogP contribution in [0, 0.1) is 5.92 Å². The zero-order valence-electron chi connectivity index (χ0n) is 14.6. The lowest BCUT2D eigenvalue weighted by Gasteiger charge is -2.29. The summed E-state index contributed by atoms with van der Waals surface area (Å²) in [6.45, 7) is 10.7. The second-order valence-electron chi connectivity index (χ2n) is 6.62. The Hall–Kier alpha value is -1.63. The Balaban J connectivity index is 1.76. The summed E-state index contributed by atoms with van der Waals surface area (Å²) in [7, 11) is 0. The van der Waals surface area contributed by atoms with Crippen LogP contribution in [0.4, 0.5) is 4.79 Å². The van der Waals surface area contributed by atoms with Gasteiger partial charge in [0.1, 0.15) is 6.33 Å². The van der Waals surface area contributed by atoms with Gasteiger partial charge in [0.15, 0.2) is 5.82 Å². The van der Waals surface area contributed by atoms with E-state index in [0.29, 0.717) is 25.0 Å². The molecule has 1 saturated heterocycles. The summed E-state index contributed by atoms with van der Waals surface area (Å²) in [5.74, 6) is 1.41. The maximum absolute atomic E-state index is 12.0. The van der Waals surface area contributed by atoms with Gasteiger partial charge in [0.25, 0.3) is 0 Å². The van der Waals surface area contributed by atoms with Gasteiger partial charge < -0.3 is 15.2 Å². The van der Waals surface area contributed by atoms with Gasteiger partial charge in [0.2, 0.25) is 0 Å². The Bertz CT molecular complexity index is 481. The normalized spacial score (nSPS) is 16.7. The van der Waals surface area contributed by atoms with Crippen molar-refractivity contribution < 1.29 is 4.79 Å². The third kappa shape index (κ3) is 5.49. The van der Waals surface area contributed by atoms with Crippen LogP contribution < -0.4 is 10.6 Å². The quantitative estimate of drug-likeness (QED) is 0.762. The number of carbonyl (C=O) groups excluding carboxylic acids is 1. The van der Waals surface area contributed by atoms with Crippen molar-refractivity contribution in [1.29, 1.82) is 0 Å². The van der Waals surface area contributed by atoms with E-state index in [2.05, 4.69) is 39.6 Å². The molecule has 0 saturated carbocycles. The molecule has 2 heterocycles. The van der Waals surface area contributed by atoms with E-state index in [1.807, 2.05) is 11.5 Å². The number of nitrogens with zero attached hydrogens (tertiary/aromatic N) is 4. The van der Waals surface area contributed by atoms with Crippen molar-refractivity contribution in [3.05, 3.63) is 12.2 Å². The van der Waals surface area contributed by atoms with Crippen molar-refractivity contribution in [2.45, 2.75) is 59.2 Å². The molecule has 0 radical (unpaired) electrons. The number of amides is 2. The molecule has 130 valence electrons. The highest BCUT2D eigenvalue weighted by molar-refractivity contribution is 5.73.